The van der Waals surface area contributed by atoms with E-state index < -0.39 is 0 Å². The molecule has 0 radical (unpaired) electrons. The zero-order valence-electron chi connectivity index (χ0n) is 23.5. The molecular formula is C35H40O6. The molecule has 0 spiro atoms. The average Bonchev–Trinajstić information content (AvgIpc) is 3.03. The van der Waals surface area contributed by atoms with Crippen molar-refractivity contribution in [3.05, 3.63) is 144 Å². The molecule has 4 aromatic rings. The van der Waals surface area contributed by atoms with Gasteiger partial charge in [-0.1, -0.05) is 121 Å². The van der Waals surface area contributed by atoms with Gasteiger partial charge in [-0.05, 0) is 22.3 Å². The normalized spacial score (nSPS) is 12.7. The van der Waals surface area contributed by atoms with E-state index in [1.165, 1.54) is 0 Å². The highest BCUT2D eigenvalue weighted by molar-refractivity contribution is 5.15. The van der Waals surface area contributed by atoms with Crippen molar-refractivity contribution in [2.75, 3.05) is 33.2 Å². The van der Waals surface area contributed by atoms with Crippen molar-refractivity contribution in [1.82, 2.24) is 0 Å². The molecule has 0 aliphatic rings. The Bertz CT molecular complexity index is 1080. The van der Waals surface area contributed by atoms with E-state index in [-0.39, 0.29) is 19.0 Å². The van der Waals surface area contributed by atoms with E-state index in [4.69, 9.17) is 28.4 Å². The van der Waals surface area contributed by atoms with Gasteiger partial charge >= 0.3 is 0 Å². The van der Waals surface area contributed by atoms with Crippen LogP contribution in [0.3, 0.4) is 0 Å². The zero-order valence-corrected chi connectivity index (χ0v) is 23.5. The van der Waals surface area contributed by atoms with E-state index in [2.05, 4.69) is 0 Å². The van der Waals surface area contributed by atoms with Gasteiger partial charge in [0.05, 0.1) is 52.9 Å². The minimum absolute atomic E-state index is 0.119. The molecule has 0 fully saturated rings. The van der Waals surface area contributed by atoms with Gasteiger partial charge in [0.2, 0.25) is 0 Å². The second kappa shape index (κ2) is 18.9. The monoisotopic (exact) mass is 556 g/mol. The number of rotatable bonds is 20. The lowest BCUT2D eigenvalue weighted by Crippen LogP contribution is -2.28. The Kier molecular flexibility index (Phi) is 14.1. The highest BCUT2D eigenvalue weighted by Gasteiger charge is 2.14. The van der Waals surface area contributed by atoms with Crippen LogP contribution in [0, 0.1) is 0 Å². The molecule has 0 aromatic heterocycles. The minimum atomic E-state index is -0.234. The summed E-state index contributed by atoms with van der Waals surface area (Å²) in [6.45, 7) is 3.65. The summed E-state index contributed by atoms with van der Waals surface area (Å²) in [7, 11) is 0. The van der Waals surface area contributed by atoms with Crippen LogP contribution in [0.5, 0.6) is 0 Å². The fraction of sp³-hybridized carbons (Fsp3) is 0.314. The lowest BCUT2D eigenvalue weighted by Gasteiger charge is -2.20. The van der Waals surface area contributed by atoms with Crippen LogP contribution in [0.4, 0.5) is 0 Å². The molecule has 0 aliphatic carbocycles. The lowest BCUT2D eigenvalue weighted by atomic mass is 10.2. The first kappa shape index (κ1) is 30.6. The SMILES string of the molecule is c1ccc(COCC(COCOCC(COCc2ccccc2)OCc2ccccc2)OCc2ccccc2)cc1. The summed E-state index contributed by atoms with van der Waals surface area (Å²) in [6, 6.07) is 40.4. The third kappa shape index (κ3) is 12.8. The summed E-state index contributed by atoms with van der Waals surface area (Å²) in [5.41, 5.74) is 4.45. The molecule has 4 aromatic carbocycles. The first-order chi connectivity index (χ1) is 20.3. The summed E-state index contributed by atoms with van der Waals surface area (Å²) in [5.74, 6) is 0. The van der Waals surface area contributed by atoms with Gasteiger partial charge in [0, 0.05) is 0 Å². The maximum atomic E-state index is 6.13. The first-order valence-electron chi connectivity index (χ1n) is 14.0. The van der Waals surface area contributed by atoms with E-state index in [1.807, 2.05) is 121 Å². The topological polar surface area (TPSA) is 55.4 Å². The summed E-state index contributed by atoms with van der Waals surface area (Å²) >= 11 is 0. The van der Waals surface area contributed by atoms with Crippen molar-refractivity contribution in [2.45, 2.75) is 38.6 Å². The van der Waals surface area contributed by atoms with Gasteiger partial charge in [0.15, 0.2) is 0 Å². The molecule has 216 valence electrons. The summed E-state index contributed by atoms with van der Waals surface area (Å²) in [5, 5.41) is 0. The van der Waals surface area contributed by atoms with E-state index >= 15 is 0 Å². The molecule has 6 nitrogen and oxygen atoms in total. The Morgan fingerprint density at radius 3 is 0.976 bits per heavy atom. The molecule has 0 amide bonds. The van der Waals surface area contributed by atoms with Crippen molar-refractivity contribution in [1.29, 1.82) is 0 Å². The van der Waals surface area contributed by atoms with E-state index in [9.17, 15) is 0 Å². The molecule has 0 heterocycles. The lowest BCUT2D eigenvalue weighted by molar-refractivity contribution is -0.137. The quantitative estimate of drug-likeness (QED) is 0.0905. The molecule has 6 heteroatoms. The van der Waals surface area contributed by atoms with Crippen LogP contribution in [0.25, 0.3) is 0 Å². The zero-order chi connectivity index (χ0) is 28.2. The molecule has 0 aliphatic heterocycles. The number of hydrogen-bond acceptors (Lipinski definition) is 6. The Hall–Kier alpha value is -3.36. The Morgan fingerprint density at radius 1 is 0.341 bits per heavy atom. The fourth-order valence-corrected chi connectivity index (χ4v) is 4.05. The van der Waals surface area contributed by atoms with Crippen LogP contribution in [-0.4, -0.2) is 45.4 Å². The van der Waals surface area contributed by atoms with E-state index in [0.29, 0.717) is 52.9 Å². The smallest absolute Gasteiger partial charge is 0.146 e. The Morgan fingerprint density at radius 2 is 0.634 bits per heavy atom. The van der Waals surface area contributed by atoms with Crippen molar-refractivity contribution in [2.24, 2.45) is 0 Å². The van der Waals surface area contributed by atoms with Gasteiger partial charge in [-0.3, -0.25) is 0 Å². The fourth-order valence-electron chi connectivity index (χ4n) is 4.05. The highest BCUT2D eigenvalue weighted by Crippen LogP contribution is 2.09. The largest absolute Gasteiger partial charge is 0.374 e. The molecule has 4 rings (SSSR count). The van der Waals surface area contributed by atoms with Crippen LogP contribution in [-0.2, 0) is 54.8 Å². The molecule has 0 bridgehead atoms. The summed E-state index contributed by atoms with van der Waals surface area (Å²) in [4.78, 5) is 0. The van der Waals surface area contributed by atoms with Crippen LogP contribution >= 0.6 is 0 Å². The summed E-state index contributed by atoms with van der Waals surface area (Å²) < 4.78 is 35.8. The van der Waals surface area contributed by atoms with Gasteiger partial charge in [-0.15, -0.1) is 0 Å². The molecular weight excluding hydrogens is 516 g/mol. The number of benzene rings is 4. The van der Waals surface area contributed by atoms with Gasteiger partial charge in [-0.25, -0.2) is 0 Å². The third-order valence-electron chi connectivity index (χ3n) is 6.26. The minimum Gasteiger partial charge on any atom is -0.374 e. The molecule has 2 atom stereocenters. The predicted octanol–water partition coefficient (Wildman–Crippen LogP) is 6.58. The third-order valence-corrected chi connectivity index (χ3v) is 6.26. The van der Waals surface area contributed by atoms with Gasteiger partial charge in [0.25, 0.3) is 0 Å². The molecule has 0 N–H and O–H groups in total. The van der Waals surface area contributed by atoms with Crippen LogP contribution in [0.1, 0.15) is 22.3 Å². The van der Waals surface area contributed by atoms with Crippen LogP contribution in [0.15, 0.2) is 121 Å². The molecule has 0 saturated heterocycles. The van der Waals surface area contributed by atoms with Gasteiger partial charge < -0.3 is 28.4 Å². The van der Waals surface area contributed by atoms with E-state index in [1.54, 1.807) is 0 Å². The maximum Gasteiger partial charge on any atom is 0.146 e. The first-order valence-corrected chi connectivity index (χ1v) is 14.0. The molecule has 41 heavy (non-hydrogen) atoms. The van der Waals surface area contributed by atoms with Crippen LogP contribution < -0.4 is 0 Å². The van der Waals surface area contributed by atoms with Crippen molar-refractivity contribution >= 4 is 0 Å². The van der Waals surface area contributed by atoms with Gasteiger partial charge in [0.1, 0.15) is 19.0 Å². The Balaban J connectivity index is 1.20. The second-order valence-corrected chi connectivity index (χ2v) is 9.70. The van der Waals surface area contributed by atoms with Crippen LogP contribution in [0.2, 0.25) is 0 Å². The molecule has 2 unspecified atom stereocenters. The van der Waals surface area contributed by atoms with E-state index in [0.717, 1.165) is 22.3 Å². The number of ether oxygens (including phenoxy) is 6. The number of hydrogen-bond donors (Lipinski definition) is 0. The second-order valence-electron chi connectivity index (χ2n) is 9.70. The highest BCUT2D eigenvalue weighted by atomic mass is 16.7. The summed E-state index contributed by atoms with van der Waals surface area (Å²) in [6.07, 6.45) is -0.469. The van der Waals surface area contributed by atoms with Gasteiger partial charge in [-0.2, -0.15) is 0 Å². The molecule has 0 saturated carbocycles. The Labute approximate surface area is 243 Å². The predicted molar refractivity (Wildman–Crippen MR) is 159 cm³/mol. The average molecular weight is 557 g/mol. The van der Waals surface area contributed by atoms with Crippen molar-refractivity contribution in [3.63, 3.8) is 0 Å². The standard InChI is InChI=1S/C35H40O6/c1-5-13-30(14-6-1)21-36-25-34(40-23-32-17-9-3-10-18-32)27-38-29-39-28-35(41-24-33-19-11-4-12-20-33)26-37-22-31-15-7-2-8-16-31/h1-20,34-35H,21-29H2. The maximum absolute atomic E-state index is 6.13. The van der Waals surface area contributed by atoms with Crippen molar-refractivity contribution < 1.29 is 28.4 Å². The van der Waals surface area contributed by atoms with Crippen molar-refractivity contribution in [3.8, 4) is 0 Å².